The number of rotatable bonds is 3. The van der Waals surface area contributed by atoms with Crippen LogP contribution in [-0.2, 0) is 6.42 Å². The Kier molecular flexibility index (Phi) is 2.61. The maximum Gasteiger partial charge on any atom is 0.310 e. The van der Waals surface area contributed by atoms with Crippen LogP contribution in [0.2, 0.25) is 0 Å². The summed E-state index contributed by atoms with van der Waals surface area (Å²) in [5.41, 5.74) is -2.47. The highest BCUT2D eigenvalue weighted by atomic mass is 32.5. The summed E-state index contributed by atoms with van der Waals surface area (Å²) in [6.07, 6.45) is -1.13. The highest BCUT2D eigenvalue weighted by Crippen LogP contribution is 3.02. The SMILES string of the molecule is N#CCc1c([N+](=O)[O-])cccc1S(F)(F)(F)(F)F. The summed E-state index contributed by atoms with van der Waals surface area (Å²) >= 11 is 0. The Hall–Kier alpha value is -1.89. The molecular formula is C8H5F5N2O2S. The van der Waals surface area contributed by atoms with Crippen LogP contribution in [0.5, 0.6) is 0 Å². The van der Waals surface area contributed by atoms with E-state index in [1.165, 1.54) is 6.07 Å². The molecule has 0 atom stereocenters. The maximum atomic E-state index is 12.6. The topological polar surface area (TPSA) is 66.9 Å². The van der Waals surface area contributed by atoms with E-state index in [0.29, 0.717) is 12.1 Å². The summed E-state index contributed by atoms with van der Waals surface area (Å²) in [6, 6.07) is 2.39. The molecule has 0 N–H and O–H groups in total. The van der Waals surface area contributed by atoms with Crippen LogP contribution in [0.3, 0.4) is 0 Å². The molecule has 0 bridgehead atoms. The van der Waals surface area contributed by atoms with Crippen LogP contribution in [0, 0.1) is 21.4 Å². The van der Waals surface area contributed by atoms with E-state index < -0.39 is 37.7 Å². The van der Waals surface area contributed by atoms with Crippen LogP contribution in [0.4, 0.5) is 25.1 Å². The number of benzene rings is 1. The van der Waals surface area contributed by atoms with Crippen LogP contribution in [0.15, 0.2) is 23.1 Å². The van der Waals surface area contributed by atoms with Crippen LogP contribution in [-0.4, -0.2) is 4.92 Å². The first-order valence-corrected chi connectivity index (χ1v) is 6.19. The predicted molar refractivity (Wildman–Crippen MR) is 53.8 cm³/mol. The van der Waals surface area contributed by atoms with Crippen LogP contribution < -0.4 is 0 Å². The Morgan fingerprint density at radius 3 is 2.22 bits per heavy atom. The molecule has 0 aromatic heterocycles. The van der Waals surface area contributed by atoms with Gasteiger partial charge in [0.25, 0.3) is 5.69 Å². The van der Waals surface area contributed by atoms with E-state index in [1.807, 2.05) is 0 Å². The van der Waals surface area contributed by atoms with E-state index in [2.05, 4.69) is 0 Å². The standard InChI is InChI=1S/C8H5F5N2O2S/c9-18(10,11,12,13)8-3-1-2-7(15(16)17)6(8)4-5-14/h1-3H,4H2. The molecule has 0 aliphatic rings. The van der Waals surface area contributed by atoms with Crippen molar-refractivity contribution in [1.82, 2.24) is 0 Å². The van der Waals surface area contributed by atoms with E-state index in [4.69, 9.17) is 5.26 Å². The van der Waals surface area contributed by atoms with Gasteiger partial charge in [-0.3, -0.25) is 10.1 Å². The molecule has 0 spiro atoms. The van der Waals surface area contributed by atoms with Gasteiger partial charge in [-0.25, -0.2) is 0 Å². The van der Waals surface area contributed by atoms with E-state index in [9.17, 15) is 29.5 Å². The normalized spacial score (nSPS) is 15.3. The molecule has 0 radical (unpaired) electrons. The second-order valence-corrected chi connectivity index (χ2v) is 5.69. The van der Waals surface area contributed by atoms with E-state index >= 15 is 0 Å². The lowest BCUT2D eigenvalue weighted by Crippen LogP contribution is -2.11. The smallest absolute Gasteiger partial charge is 0.258 e. The summed E-state index contributed by atoms with van der Waals surface area (Å²) in [5.74, 6) is 0. The van der Waals surface area contributed by atoms with Gasteiger partial charge in [0.05, 0.1) is 23.0 Å². The van der Waals surface area contributed by atoms with Gasteiger partial charge in [-0.05, 0) is 6.07 Å². The number of halogens is 5. The van der Waals surface area contributed by atoms with Crippen molar-refractivity contribution in [1.29, 1.82) is 5.26 Å². The molecule has 0 amide bonds. The van der Waals surface area contributed by atoms with Gasteiger partial charge in [0.1, 0.15) is 4.90 Å². The highest BCUT2D eigenvalue weighted by Gasteiger charge is 2.67. The zero-order valence-corrected chi connectivity index (χ0v) is 9.26. The fourth-order valence-electron chi connectivity index (χ4n) is 1.34. The molecule has 0 heterocycles. The van der Waals surface area contributed by atoms with Crippen molar-refractivity contribution in [3.63, 3.8) is 0 Å². The monoisotopic (exact) mass is 288 g/mol. The Morgan fingerprint density at radius 1 is 1.28 bits per heavy atom. The van der Waals surface area contributed by atoms with Crippen molar-refractivity contribution in [2.75, 3.05) is 0 Å². The summed E-state index contributed by atoms with van der Waals surface area (Å²) in [4.78, 5) is 6.86. The van der Waals surface area contributed by atoms with Crippen molar-refractivity contribution < 1.29 is 24.4 Å². The molecule has 0 aliphatic carbocycles. The second-order valence-electron chi connectivity index (χ2n) is 3.31. The molecule has 1 aromatic carbocycles. The second kappa shape index (κ2) is 3.32. The maximum absolute atomic E-state index is 12.6. The van der Waals surface area contributed by atoms with Gasteiger partial charge in [0.2, 0.25) is 0 Å². The number of hydrogen-bond acceptors (Lipinski definition) is 3. The summed E-state index contributed by atoms with van der Waals surface area (Å²) in [5, 5.41) is 18.8. The van der Waals surface area contributed by atoms with Crippen LogP contribution >= 0.6 is 10.2 Å². The summed E-state index contributed by atoms with van der Waals surface area (Å²) in [6.45, 7) is 0. The van der Waals surface area contributed by atoms with Gasteiger partial charge < -0.3 is 0 Å². The lowest BCUT2D eigenvalue weighted by molar-refractivity contribution is -0.385. The van der Waals surface area contributed by atoms with Crippen molar-refractivity contribution in [3.05, 3.63) is 33.9 Å². The van der Waals surface area contributed by atoms with Gasteiger partial charge in [0.15, 0.2) is 0 Å². The zero-order valence-electron chi connectivity index (χ0n) is 8.45. The quantitative estimate of drug-likeness (QED) is 0.472. The van der Waals surface area contributed by atoms with Crippen LogP contribution in [0.25, 0.3) is 0 Å². The van der Waals surface area contributed by atoms with Gasteiger partial charge >= 0.3 is 10.2 Å². The zero-order chi connectivity index (χ0) is 14.3. The first-order valence-electron chi connectivity index (χ1n) is 4.24. The van der Waals surface area contributed by atoms with Crippen molar-refractivity contribution in [2.24, 2.45) is 0 Å². The lowest BCUT2D eigenvalue weighted by Gasteiger charge is -2.41. The average Bonchev–Trinajstić information content (AvgIpc) is 2.14. The van der Waals surface area contributed by atoms with Gasteiger partial charge in [-0.1, -0.05) is 25.5 Å². The van der Waals surface area contributed by atoms with Gasteiger partial charge in [-0.2, -0.15) is 5.26 Å². The Bertz CT molecular complexity index is 563. The Morgan fingerprint density at radius 2 is 1.83 bits per heavy atom. The number of nitriles is 1. The molecule has 10 heteroatoms. The molecule has 18 heavy (non-hydrogen) atoms. The van der Waals surface area contributed by atoms with Crippen LogP contribution in [0.1, 0.15) is 5.56 Å². The lowest BCUT2D eigenvalue weighted by atomic mass is 10.1. The Balaban J connectivity index is 3.74. The van der Waals surface area contributed by atoms with Crippen molar-refractivity contribution in [3.8, 4) is 6.07 Å². The molecule has 0 unspecified atom stereocenters. The minimum Gasteiger partial charge on any atom is -0.258 e. The van der Waals surface area contributed by atoms with Gasteiger partial charge in [0, 0.05) is 6.07 Å². The van der Waals surface area contributed by atoms with Crippen molar-refractivity contribution >= 4 is 15.9 Å². The molecule has 0 aliphatic heterocycles. The molecule has 1 rings (SSSR count). The molecule has 100 valence electrons. The third kappa shape index (κ3) is 2.86. The highest BCUT2D eigenvalue weighted by molar-refractivity contribution is 8.45. The van der Waals surface area contributed by atoms with E-state index in [0.717, 1.165) is 0 Å². The molecule has 1 aromatic rings. The summed E-state index contributed by atoms with van der Waals surface area (Å²) in [7, 11) is -10.1. The molecular weight excluding hydrogens is 283 g/mol. The Labute approximate surface area is 97.5 Å². The predicted octanol–water partition coefficient (Wildman–Crippen LogP) is 4.32. The number of nitro benzene ring substituents is 1. The fraction of sp³-hybridized carbons (Fsp3) is 0.125. The third-order valence-corrected chi connectivity index (χ3v) is 3.19. The summed E-state index contributed by atoms with van der Waals surface area (Å²) < 4.78 is 63.2. The molecule has 4 nitrogen and oxygen atoms in total. The van der Waals surface area contributed by atoms with Crippen molar-refractivity contribution in [2.45, 2.75) is 11.3 Å². The first-order chi connectivity index (χ1) is 7.86. The number of nitro groups is 1. The number of hydrogen-bond donors (Lipinski definition) is 0. The largest absolute Gasteiger partial charge is 0.310 e. The minimum absolute atomic E-state index is 0.0429. The van der Waals surface area contributed by atoms with E-state index in [-0.39, 0.29) is 6.07 Å². The average molecular weight is 288 g/mol. The third-order valence-electron chi connectivity index (χ3n) is 1.98. The minimum atomic E-state index is -10.1. The van der Waals surface area contributed by atoms with E-state index in [1.54, 1.807) is 0 Å². The molecule has 0 fully saturated rings. The molecule has 0 saturated carbocycles. The van der Waals surface area contributed by atoms with Gasteiger partial charge in [-0.15, -0.1) is 0 Å². The first kappa shape index (κ1) is 14.2. The number of nitrogens with zero attached hydrogens (tertiary/aromatic N) is 2. The fourth-order valence-corrected chi connectivity index (χ4v) is 2.32. The molecule has 0 saturated heterocycles.